The minimum atomic E-state index is -0.160. The first kappa shape index (κ1) is 19.9. The first-order valence-electron chi connectivity index (χ1n) is 9.48. The van der Waals surface area contributed by atoms with Crippen LogP contribution in [0.4, 0.5) is 0 Å². The van der Waals surface area contributed by atoms with E-state index >= 15 is 0 Å². The highest BCUT2D eigenvalue weighted by atomic mass is 79.9. The number of carbonyl (C=O) groups is 1. The van der Waals surface area contributed by atoms with Gasteiger partial charge in [0.05, 0.1) is 23.2 Å². The number of carbonyl (C=O) groups excluding carboxylic acids is 1. The van der Waals surface area contributed by atoms with Gasteiger partial charge in [-0.2, -0.15) is 0 Å². The minimum absolute atomic E-state index is 0.0542. The van der Waals surface area contributed by atoms with Crippen LogP contribution in [0.25, 0.3) is 22.7 Å². The number of H-pyrrole nitrogens is 1. The maximum absolute atomic E-state index is 13.4. The summed E-state index contributed by atoms with van der Waals surface area (Å²) in [6.07, 6.45) is 1.75. The molecule has 2 N–H and O–H groups in total. The number of aromatic hydroxyl groups is 1. The number of Topliss-reactive ketones (excluding diaryl/α,β-unsaturated/α-hetero) is 1. The van der Waals surface area contributed by atoms with Crippen molar-refractivity contribution in [1.82, 2.24) is 9.97 Å². The number of nitrogens with one attached hydrogen (secondary N) is 1. The second kappa shape index (κ2) is 8.55. The lowest BCUT2D eigenvalue weighted by atomic mass is 10.00. The maximum atomic E-state index is 13.4. The molecule has 0 atom stereocenters. The third-order valence-electron chi connectivity index (χ3n) is 4.59. The monoisotopic (exact) mass is 462 g/mol. The highest BCUT2D eigenvalue weighted by Crippen LogP contribution is 2.30. The molecule has 0 saturated carbocycles. The third kappa shape index (κ3) is 4.14. The Kier molecular flexibility index (Phi) is 5.68. The van der Waals surface area contributed by atoms with E-state index in [4.69, 9.17) is 4.74 Å². The van der Waals surface area contributed by atoms with Gasteiger partial charge in [0.15, 0.2) is 17.3 Å². The van der Waals surface area contributed by atoms with Gasteiger partial charge in [-0.3, -0.25) is 4.79 Å². The summed E-state index contributed by atoms with van der Waals surface area (Å²) < 4.78 is 6.37. The SMILES string of the molecule is CCOc1cc(C=C(C(=O)c2ccc(Br)cc2)c2nc3ccccc3[nH]2)ccc1O. The van der Waals surface area contributed by atoms with E-state index < -0.39 is 0 Å². The van der Waals surface area contributed by atoms with Gasteiger partial charge in [0, 0.05) is 10.0 Å². The Morgan fingerprint density at radius 1 is 1.13 bits per heavy atom. The van der Waals surface area contributed by atoms with Gasteiger partial charge >= 0.3 is 0 Å². The van der Waals surface area contributed by atoms with Crippen LogP contribution in [0.2, 0.25) is 0 Å². The first-order valence-corrected chi connectivity index (χ1v) is 10.3. The molecule has 1 heterocycles. The number of ketones is 1. The summed E-state index contributed by atoms with van der Waals surface area (Å²) in [5.41, 5.74) is 3.32. The number of ether oxygens (including phenoxy) is 1. The average Bonchev–Trinajstić information content (AvgIpc) is 3.18. The molecule has 0 aliphatic heterocycles. The molecule has 4 rings (SSSR count). The molecule has 0 aliphatic rings. The Balaban J connectivity index is 1.84. The average molecular weight is 463 g/mol. The van der Waals surface area contributed by atoms with Crippen molar-refractivity contribution in [3.05, 3.63) is 88.2 Å². The lowest BCUT2D eigenvalue weighted by Crippen LogP contribution is -2.04. The third-order valence-corrected chi connectivity index (χ3v) is 5.12. The van der Waals surface area contributed by atoms with Crippen LogP contribution in [0, 0.1) is 0 Å². The van der Waals surface area contributed by atoms with E-state index in [1.54, 1.807) is 36.4 Å². The Morgan fingerprint density at radius 3 is 2.63 bits per heavy atom. The Labute approximate surface area is 182 Å². The summed E-state index contributed by atoms with van der Waals surface area (Å²) in [7, 11) is 0. The molecule has 3 aromatic carbocycles. The van der Waals surface area contributed by atoms with Gasteiger partial charge in [-0.25, -0.2) is 4.98 Å². The van der Waals surface area contributed by atoms with E-state index in [2.05, 4.69) is 25.9 Å². The van der Waals surface area contributed by atoms with Crippen LogP contribution in [0.15, 0.2) is 71.2 Å². The molecule has 0 aliphatic carbocycles. The number of phenolic OH excluding ortho intramolecular Hbond substituents is 1. The molecular formula is C24H19BrN2O3. The molecule has 6 heteroatoms. The zero-order valence-corrected chi connectivity index (χ0v) is 17.8. The number of rotatable bonds is 6. The zero-order valence-electron chi connectivity index (χ0n) is 16.2. The van der Waals surface area contributed by atoms with E-state index in [0.717, 1.165) is 21.1 Å². The van der Waals surface area contributed by atoms with Crippen LogP contribution in [0.1, 0.15) is 28.7 Å². The summed E-state index contributed by atoms with van der Waals surface area (Å²) in [6.45, 7) is 2.27. The molecule has 0 unspecified atom stereocenters. The number of aromatic amines is 1. The number of allylic oxidation sites excluding steroid dienone is 1. The second-order valence-electron chi connectivity index (χ2n) is 6.66. The molecule has 0 fully saturated rings. The van der Waals surface area contributed by atoms with Crippen molar-refractivity contribution in [1.29, 1.82) is 0 Å². The van der Waals surface area contributed by atoms with Crippen LogP contribution >= 0.6 is 15.9 Å². The largest absolute Gasteiger partial charge is 0.504 e. The van der Waals surface area contributed by atoms with Gasteiger partial charge in [-0.05, 0) is 67.1 Å². The standard InChI is InChI=1S/C24H19BrN2O3/c1-2-30-22-14-15(7-12-21(22)28)13-18(23(29)16-8-10-17(25)11-9-16)24-26-19-5-3-4-6-20(19)27-24/h3-14,28H,2H2,1H3,(H,26,27). The van der Waals surface area contributed by atoms with E-state index in [1.807, 2.05) is 43.3 Å². The van der Waals surface area contributed by atoms with Crippen molar-refractivity contribution >= 4 is 44.4 Å². The fourth-order valence-corrected chi connectivity index (χ4v) is 3.40. The fourth-order valence-electron chi connectivity index (χ4n) is 3.14. The van der Waals surface area contributed by atoms with Gasteiger partial charge < -0.3 is 14.8 Å². The van der Waals surface area contributed by atoms with Gasteiger partial charge in [-0.1, -0.05) is 34.1 Å². The molecule has 4 aromatic rings. The fraction of sp³-hybridized carbons (Fsp3) is 0.0833. The normalized spacial score (nSPS) is 11.6. The zero-order chi connectivity index (χ0) is 21.1. The number of halogens is 1. The quantitative estimate of drug-likeness (QED) is 0.278. The highest BCUT2D eigenvalue weighted by Gasteiger charge is 2.18. The number of fused-ring (bicyclic) bond motifs is 1. The van der Waals surface area contributed by atoms with Crippen molar-refractivity contribution in [3.63, 3.8) is 0 Å². The molecule has 0 amide bonds. The van der Waals surface area contributed by atoms with Crippen molar-refractivity contribution in [3.8, 4) is 11.5 Å². The molecule has 0 spiro atoms. The van der Waals surface area contributed by atoms with E-state index in [9.17, 15) is 9.90 Å². The predicted octanol–water partition coefficient (Wildman–Crippen LogP) is 5.85. The van der Waals surface area contributed by atoms with Crippen molar-refractivity contribution < 1.29 is 14.6 Å². The molecular weight excluding hydrogens is 444 g/mol. The number of nitrogens with zero attached hydrogens (tertiary/aromatic N) is 1. The summed E-state index contributed by atoms with van der Waals surface area (Å²) >= 11 is 3.40. The molecule has 1 aromatic heterocycles. The second-order valence-corrected chi connectivity index (χ2v) is 7.57. The molecule has 5 nitrogen and oxygen atoms in total. The van der Waals surface area contributed by atoms with Gasteiger partial charge in [-0.15, -0.1) is 0 Å². The maximum Gasteiger partial charge on any atom is 0.196 e. The molecule has 0 bridgehead atoms. The van der Waals surface area contributed by atoms with Crippen molar-refractivity contribution in [2.45, 2.75) is 6.92 Å². The van der Waals surface area contributed by atoms with Crippen molar-refractivity contribution in [2.75, 3.05) is 6.61 Å². The van der Waals surface area contributed by atoms with E-state index in [-0.39, 0.29) is 11.5 Å². The Bertz CT molecular complexity index is 1210. The van der Waals surface area contributed by atoms with Crippen molar-refractivity contribution in [2.24, 2.45) is 0 Å². The summed E-state index contributed by atoms with van der Waals surface area (Å²) in [5.74, 6) is 0.743. The van der Waals surface area contributed by atoms with Crippen LogP contribution in [-0.2, 0) is 0 Å². The number of hydrogen-bond donors (Lipinski definition) is 2. The lowest BCUT2D eigenvalue weighted by Gasteiger charge is -2.08. The topological polar surface area (TPSA) is 75.2 Å². The number of hydrogen-bond acceptors (Lipinski definition) is 4. The van der Waals surface area contributed by atoms with E-state index in [1.165, 1.54) is 0 Å². The number of phenols is 1. The number of aromatic nitrogens is 2. The minimum Gasteiger partial charge on any atom is -0.504 e. The Hall–Kier alpha value is -3.38. The number of imidazole rings is 1. The molecule has 150 valence electrons. The molecule has 0 saturated heterocycles. The number of benzene rings is 3. The van der Waals surface area contributed by atoms with Gasteiger partial charge in [0.25, 0.3) is 0 Å². The van der Waals surface area contributed by atoms with Crippen LogP contribution in [0.3, 0.4) is 0 Å². The smallest absolute Gasteiger partial charge is 0.196 e. The molecule has 30 heavy (non-hydrogen) atoms. The summed E-state index contributed by atoms with van der Waals surface area (Å²) in [6, 6.07) is 19.8. The summed E-state index contributed by atoms with van der Waals surface area (Å²) in [5, 5.41) is 9.99. The van der Waals surface area contributed by atoms with Gasteiger partial charge in [0.2, 0.25) is 0 Å². The summed E-state index contributed by atoms with van der Waals surface area (Å²) in [4.78, 5) is 21.2. The van der Waals surface area contributed by atoms with Crippen LogP contribution in [-0.4, -0.2) is 27.5 Å². The van der Waals surface area contributed by atoms with Gasteiger partial charge in [0.1, 0.15) is 5.82 Å². The molecule has 0 radical (unpaired) electrons. The van der Waals surface area contributed by atoms with Crippen LogP contribution in [0.5, 0.6) is 11.5 Å². The Morgan fingerprint density at radius 2 is 1.90 bits per heavy atom. The predicted molar refractivity (Wildman–Crippen MR) is 122 cm³/mol. The first-order chi connectivity index (χ1) is 14.5. The lowest BCUT2D eigenvalue weighted by molar-refractivity contribution is 0.105. The van der Waals surface area contributed by atoms with E-state index in [0.29, 0.717) is 29.3 Å². The van der Waals surface area contributed by atoms with Crippen LogP contribution < -0.4 is 4.74 Å². The number of para-hydroxylation sites is 2. The highest BCUT2D eigenvalue weighted by molar-refractivity contribution is 9.10.